The second-order valence-electron chi connectivity index (χ2n) is 5.93. The van der Waals surface area contributed by atoms with Crippen LogP contribution in [0.1, 0.15) is 26.7 Å². The number of nitrogens with one attached hydrogen (secondary N) is 1. The van der Waals surface area contributed by atoms with E-state index in [0.717, 1.165) is 19.4 Å². The lowest BCUT2D eigenvalue weighted by Crippen LogP contribution is -2.60. The van der Waals surface area contributed by atoms with Crippen molar-refractivity contribution in [1.82, 2.24) is 10.2 Å². The molecule has 6 heteroatoms. The number of carbonyl (C=O) groups excluding carboxylic acids is 1. The van der Waals surface area contributed by atoms with Gasteiger partial charge in [0.05, 0.1) is 6.61 Å². The lowest BCUT2D eigenvalue weighted by molar-refractivity contribution is -0.165. The van der Waals surface area contributed by atoms with Crippen LogP contribution in [0.25, 0.3) is 0 Å². The second-order valence-corrected chi connectivity index (χ2v) is 5.93. The first-order valence-corrected chi connectivity index (χ1v) is 6.79. The van der Waals surface area contributed by atoms with E-state index in [4.69, 9.17) is 4.74 Å². The molecular formula is C13H22N2O4. The van der Waals surface area contributed by atoms with Gasteiger partial charge in [-0.25, -0.2) is 4.79 Å². The highest BCUT2D eigenvalue weighted by Crippen LogP contribution is 2.35. The van der Waals surface area contributed by atoms with Crippen molar-refractivity contribution in [1.29, 1.82) is 0 Å². The first-order valence-electron chi connectivity index (χ1n) is 6.79. The van der Waals surface area contributed by atoms with Gasteiger partial charge in [-0.05, 0) is 18.3 Å². The van der Waals surface area contributed by atoms with Gasteiger partial charge in [0.25, 0.3) is 5.91 Å². The van der Waals surface area contributed by atoms with Gasteiger partial charge in [-0.2, -0.15) is 0 Å². The number of hydrogen-bond acceptors (Lipinski definition) is 4. The predicted octanol–water partition coefficient (Wildman–Crippen LogP) is 0.0766. The van der Waals surface area contributed by atoms with Crippen LogP contribution in [-0.4, -0.2) is 60.3 Å². The SMILES string of the molecule is CC1(C)CCCN(C(=O)C2CNCCO2)C1C(=O)O. The van der Waals surface area contributed by atoms with E-state index in [1.54, 1.807) is 0 Å². The summed E-state index contributed by atoms with van der Waals surface area (Å²) in [6.45, 7) is 6.00. The van der Waals surface area contributed by atoms with Crippen molar-refractivity contribution in [3.63, 3.8) is 0 Å². The first kappa shape index (κ1) is 14.3. The maximum absolute atomic E-state index is 12.5. The van der Waals surface area contributed by atoms with Crippen LogP contribution < -0.4 is 5.32 Å². The number of likely N-dealkylation sites (tertiary alicyclic amines) is 1. The fourth-order valence-corrected chi connectivity index (χ4v) is 3.01. The molecule has 0 aliphatic carbocycles. The minimum Gasteiger partial charge on any atom is -0.480 e. The van der Waals surface area contributed by atoms with E-state index < -0.39 is 23.5 Å². The highest BCUT2D eigenvalue weighted by Gasteiger charge is 2.46. The summed E-state index contributed by atoms with van der Waals surface area (Å²) >= 11 is 0. The largest absolute Gasteiger partial charge is 0.480 e. The zero-order valence-electron chi connectivity index (χ0n) is 11.5. The number of nitrogens with zero attached hydrogens (tertiary/aromatic N) is 1. The van der Waals surface area contributed by atoms with Crippen LogP contribution in [0, 0.1) is 5.41 Å². The van der Waals surface area contributed by atoms with Crippen LogP contribution >= 0.6 is 0 Å². The molecule has 2 aliphatic heterocycles. The molecule has 2 rings (SSSR count). The molecule has 2 unspecified atom stereocenters. The maximum atomic E-state index is 12.5. The fraction of sp³-hybridized carbons (Fsp3) is 0.846. The third kappa shape index (κ3) is 2.90. The van der Waals surface area contributed by atoms with Gasteiger partial charge in [-0.1, -0.05) is 13.8 Å². The number of hydrogen-bond donors (Lipinski definition) is 2. The van der Waals surface area contributed by atoms with Crippen molar-refractivity contribution < 1.29 is 19.4 Å². The number of amides is 1. The molecule has 2 fully saturated rings. The minimum atomic E-state index is -0.929. The molecule has 2 N–H and O–H groups in total. The molecule has 6 nitrogen and oxygen atoms in total. The van der Waals surface area contributed by atoms with E-state index in [1.807, 2.05) is 13.8 Å². The fourth-order valence-electron chi connectivity index (χ4n) is 3.01. The van der Waals surface area contributed by atoms with Crippen molar-refractivity contribution in [2.45, 2.75) is 38.8 Å². The molecule has 2 saturated heterocycles. The Labute approximate surface area is 113 Å². The summed E-state index contributed by atoms with van der Waals surface area (Å²) < 4.78 is 5.44. The van der Waals surface area contributed by atoms with Crippen molar-refractivity contribution in [2.75, 3.05) is 26.2 Å². The van der Waals surface area contributed by atoms with Crippen LogP contribution in [0.15, 0.2) is 0 Å². The summed E-state index contributed by atoms with van der Waals surface area (Å²) in [7, 11) is 0. The van der Waals surface area contributed by atoms with Crippen LogP contribution in [0.3, 0.4) is 0 Å². The number of carbonyl (C=O) groups is 2. The summed E-state index contributed by atoms with van der Waals surface area (Å²) in [5.74, 6) is -1.13. The summed E-state index contributed by atoms with van der Waals surface area (Å²) in [6, 6.07) is -0.765. The zero-order chi connectivity index (χ0) is 14.0. The average Bonchev–Trinajstić information content (AvgIpc) is 2.37. The molecule has 0 spiro atoms. The summed E-state index contributed by atoms with van der Waals surface area (Å²) in [6.07, 6.45) is 1.10. The molecule has 0 saturated carbocycles. The van der Waals surface area contributed by atoms with Crippen LogP contribution in [0.4, 0.5) is 0 Å². The number of morpholine rings is 1. The van der Waals surface area contributed by atoms with Crippen molar-refractivity contribution >= 4 is 11.9 Å². The molecule has 108 valence electrons. The summed E-state index contributed by atoms with van der Waals surface area (Å²) in [5, 5.41) is 12.5. The van der Waals surface area contributed by atoms with Crippen molar-refractivity contribution in [3.8, 4) is 0 Å². The average molecular weight is 270 g/mol. The van der Waals surface area contributed by atoms with Gasteiger partial charge in [0.1, 0.15) is 12.1 Å². The number of carboxylic acid groups (broad SMARTS) is 1. The number of carboxylic acids is 1. The molecule has 2 aliphatic rings. The molecule has 19 heavy (non-hydrogen) atoms. The standard InChI is InChI=1S/C13H22N2O4/c1-13(2)4-3-6-15(10(13)12(17)18)11(16)9-8-14-5-7-19-9/h9-10,14H,3-8H2,1-2H3,(H,17,18). The highest BCUT2D eigenvalue weighted by molar-refractivity contribution is 5.87. The van der Waals surface area contributed by atoms with E-state index in [2.05, 4.69) is 5.32 Å². The molecule has 0 aromatic rings. The number of piperidine rings is 1. The smallest absolute Gasteiger partial charge is 0.326 e. The van der Waals surface area contributed by atoms with Gasteiger partial charge in [0, 0.05) is 19.6 Å². The minimum absolute atomic E-state index is 0.202. The third-order valence-corrected chi connectivity index (χ3v) is 3.99. The normalized spacial score (nSPS) is 30.9. The molecule has 0 aromatic heterocycles. The van der Waals surface area contributed by atoms with Crippen LogP contribution in [-0.2, 0) is 14.3 Å². The molecule has 0 aromatic carbocycles. The Morgan fingerprint density at radius 1 is 1.42 bits per heavy atom. The van der Waals surface area contributed by atoms with Gasteiger partial charge in [0.15, 0.2) is 0 Å². The van der Waals surface area contributed by atoms with Gasteiger partial charge in [0.2, 0.25) is 0 Å². The quantitative estimate of drug-likeness (QED) is 0.743. The monoisotopic (exact) mass is 270 g/mol. The van der Waals surface area contributed by atoms with Crippen molar-refractivity contribution in [2.24, 2.45) is 5.41 Å². The maximum Gasteiger partial charge on any atom is 0.326 e. The lowest BCUT2D eigenvalue weighted by Gasteiger charge is -2.45. The number of aliphatic carboxylic acids is 1. The molecule has 0 radical (unpaired) electrons. The van der Waals surface area contributed by atoms with E-state index in [0.29, 0.717) is 19.7 Å². The Morgan fingerprint density at radius 3 is 2.74 bits per heavy atom. The number of ether oxygens (including phenoxy) is 1. The van der Waals surface area contributed by atoms with Gasteiger partial charge < -0.3 is 20.1 Å². The third-order valence-electron chi connectivity index (χ3n) is 3.99. The van der Waals surface area contributed by atoms with E-state index >= 15 is 0 Å². The van der Waals surface area contributed by atoms with Crippen LogP contribution in [0.2, 0.25) is 0 Å². The second kappa shape index (κ2) is 5.46. The molecule has 1 amide bonds. The Kier molecular flexibility index (Phi) is 4.10. The Morgan fingerprint density at radius 2 is 2.16 bits per heavy atom. The highest BCUT2D eigenvalue weighted by atomic mass is 16.5. The zero-order valence-corrected chi connectivity index (χ0v) is 11.5. The van der Waals surface area contributed by atoms with Crippen molar-refractivity contribution in [3.05, 3.63) is 0 Å². The summed E-state index contributed by atoms with van der Waals surface area (Å²) in [5.41, 5.74) is -0.401. The van der Waals surface area contributed by atoms with E-state index in [-0.39, 0.29) is 5.91 Å². The molecular weight excluding hydrogens is 248 g/mol. The van der Waals surface area contributed by atoms with Crippen LogP contribution in [0.5, 0.6) is 0 Å². The Hall–Kier alpha value is -1.14. The Balaban J connectivity index is 2.15. The van der Waals surface area contributed by atoms with E-state index in [9.17, 15) is 14.7 Å². The lowest BCUT2D eigenvalue weighted by atomic mass is 9.76. The predicted molar refractivity (Wildman–Crippen MR) is 68.8 cm³/mol. The molecule has 2 heterocycles. The molecule has 0 bridgehead atoms. The van der Waals surface area contributed by atoms with Gasteiger partial charge >= 0.3 is 5.97 Å². The first-order chi connectivity index (χ1) is 8.93. The van der Waals surface area contributed by atoms with E-state index in [1.165, 1.54) is 4.90 Å². The summed E-state index contributed by atoms with van der Waals surface area (Å²) in [4.78, 5) is 25.5. The topological polar surface area (TPSA) is 78.9 Å². The van der Waals surface area contributed by atoms with Gasteiger partial charge in [-0.3, -0.25) is 4.79 Å². The molecule has 2 atom stereocenters. The van der Waals surface area contributed by atoms with Gasteiger partial charge in [-0.15, -0.1) is 0 Å². The number of rotatable bonds is 2. The Bertz CT molecular complexity index is 364.